The van der Waals surface area contributed by atoms with Crippen molar-refractivity contribution in [2.24, 2.45) is 17.8 Å². The molecule has 5 heteroatoms. The van der Waals surface area contributed by atoms with E-state index >= 15 is 0 Å². The van der Waals surface area contributed by atoms with E-state index in [4.69, 9.17) is 14.5 Å². The Bertz CT molecular complexity index is 912. The van der Waals surface area contributed by atoms with E-state index in [2.05, 4.69) is 49.1 Å². The summed E-state index contributed by atoms with van der Waals surface area (Å²) in [5.41, 5.74) is 2.09. The maximum atomic E-state index is 12.1. The van der Waals surface area contributed by atoms with E-state index in [0.29, 0.717) is 12.7 Å². The van der Waals surface area contributed by atoms with Crippen LogP contribution in [-0.2, 0) is 16.1 Å². The third kappa shape index (κ3) is 6.47. The second-order valence-electron chi connectivity index (χ2n) is 10.3. The Balaban J connectivity index is 1.29. The lowest BCUT2D eigenvalue weighted by atomic mass is 9.80. The maximum absolute atomic E-state index is 12.1. The molecule has 33 heavy (non-hydrogen) atoms. The van der Waals surface area contributed by atoms with Crippen molar-refractivity contribution in [1.82, 2.24) is 9.88 Å². The van der Waals surface area contributed by atoms with Crippen molar-refractivity contribution in [1.29, 1.82) is 0 Å². The first-order valence-electron chi connectivity index (χ1n) is 13.0. The van der Waals surface area contributed by atoms with Crippen LogP contribution in [0.25, 0.3) is 10.9 Å². The zero-order valence-corrected chi connectivity index (χ0v) is 20.6. The lowest BCUT2D eigenvalue weighted by Gasteiger charge is -2.31. The van der Waals surface area contributed by atoms with E-state index in [1.165, 1.54) is 12.8 Å². The highest BCUT2D eigenvalue weighted by molar-refractivity contribution is 5.80. The van der Waals surface area contributed by atoms with Gasteiger partial charge in [-0.2, -0.15) is 0 Å². The standard InChI is InChI=1S/C28H40N2O3/c1-4-17-32-28(31)22-13-15-30(16-14-22)19-24-8-5-23-18-26(11-12-27(23)29-24)33-25-9-6-21(7-10-25)20(2)3/h5,8,11-12,18,20-22,25H,4,6-7,9-10,13-17,19H2,1-3H3. The number of hydrogen-bond acceptors (Lipinski definition) is 5. The van der Waals surface area contributed by atoms with Crippen molar-refractivity contribution in [3.63, 3.8) is 0 Å². The van der Waals surface area contributed by atoms with Crippen LogP contribution in [0.1, 0.15) is 71.4 Å². The van der Waals surface area contributed by atoms with E-state index in [1.54, 1.807) is 0 Å². The number of ether oxygens (including phenoxy) is 2. The first-order chi connectivity index (χ1) is 16.0. The quantitative estimate of drug-likeness (QED) is 0.460. The molecule has 0 spiro atoms. The van der Waals surface area contributed by atoms with Gasteiger partial charge >= 0.3 is 5.97 Å². The van der Waals surface area contributed by atoms with Crippen LogP contribution in [0.15, 0.2) is 30.3 Å². The summed E-state index contributed by atoms with van der Waals surface area (Å²) in [5, 5.41) is 1.13. The van der Waals surface area contributed by atoms with Gasteiger partial charge in [0.1, 0.15) is 5.75 Å². The number of piperidine rings is 1. The normalized spacial score (nSPS) is 22.5. The zero-order valence-electron chi connectivity index (χ0n) is 20.6. The largest absolute Gasteiger partial charge is 0.490 e. The molecule has 180 valence electrons. The average Bonchev–Trinajstić information content (AvgIpc) is 2.83. The number of carbonyl (C=O) groups is 1. The van der Waals surface area contributed by atoms with Crippen LogP contribution in [-0.4, -0.2) is 41.7 Å². The summed E-state index contributed by atoms with van der Waals surface area (Å²) in [7, 11) is 0. The number of nitrogens with zero attached hydrogens (tertiary/aromatic N) is 2. The number of esters is 1. The average molecular weight is 453 g/mol. The summed E-state index contributed by atoms with van der Waals surface area (Å²) in [5.74, 6) is 2.62. The maximum Gasteiger partial charge on any atom is 0.309 e. The van der Waals surface area contributed by atoms with Crippen LogP contribution in [0.5, 0.6) is 5.75 Å². The number of fused-ring (bicyclic) bond motifs is 1. The highest BCUT2D eigenvalue weighted by atomic mass is 16.5. The van der Waals surface area contributed by atoms with Crippen LogP contribution < -0.4 is 4.74 Å². The van der Waals surface area contributed by atoms with Crippen molar-refractivity contribution < 1.29 is 14.3 Å². The minimum absolute atomic E-state index is 0.0219. The molecule has 2 aliphatic rings. The molecule has 1 aromatic carbocycles. The molecule has 1 aliphatic carbocycles. The lowest BCUT2D eigenvalue weighted by Crippen LogP contribution is -2.36. The Labute approximate surface area is 198 Å². The highest BCUT2D eigenvalue weighted by Gasteiger charge is 2.26. The summed E-state index contributed by atoms with van der Waals surface area (Å²) in [6.45, 7) is 9.88. The van der Waals surface area contributed by atoms with E-state index < -0.39 is 0 Å². The minimum atomic E-state index is -0.0219. The fourth-order valence-corrected chi connectivity index (χ4v) is 5.25. The van der Waals surface area contributed by atoms with E-state index in [9.17, 15) is 4.79 Å². The Hall–Kier alpha value is -2.14. The molecular weight excluding hydrogens is 412 g/mol. The fraction of sp³-hybridized carbons (Fsp3) is 0.643. The summed E-state index contributed by atoms with van der Waals surface area (Å²) < 4.78 is 11.6. The van der Waals surface area contributed by atoms with Crippen molar-refractivity contribution in [3.8, 4) is 5.75 Å². The van der Waals surface area contributed by atoms with Gasteiger partial charge in [-0.1, -0.05) is 26.8 Å². The van der Waals surface area contributed by atoms with Gasteiger partial charge in [0.2, 0.25) is 0 Å². The Morgan fingerprint density at radius 2 is 1.82 bits per heavy atom. The topological polar surface area (TPSA) is 51.7 Å². The van der Waals surface area contributed by atoms with Gasteiger partial charge in [-0.25, -0.2) is 0 Å². The fourth-order valence-electron chi connectivity index (χ4n) is 5.25. The number of carbonyl (C=O) groups excluding carboxylic acids is 1. The number of rotatable bonds is 8. The van der Waals surface area contributed by atoms with E-state index in [1.807, 2.05) is 6.92 Å². The van der Waals surface area contributed by atoms with Gasteiger partial charge in [0.25, 0.3) is 0 Å². The second kappa shape index (κ2) is 11.3. The molecule has 2 heterocycles. The molecule has 2 fully saturated rings. The monoisotopic (exact) mass is 452 g/mol. The predicted octanol–water partition coefficient (Wildman–Crippen LogP) is 5.99. The Kier molecular flexibility index (Phi) is 8.24. The lowest BCUT2D eigenvalue weighted by molar-refractivity contribution is -0.150. The number of likely N-dealkylation sites (tertiary alicyclic amines) is 1. The number of pyridine rings is 1. The van der Waals surface area contributed by atoms with Crippen molar-refractivity contribution in [2.75, 3.05) is 19.7 Å². The summed E-state index contributed by atoms with van der Waals surface area (Å²) in [4.78, 5) is 19.4. The van der Waals surface area contributed by atoms with Gasteiger partial charge in [0.15, 0.2) is 0 Å². The van der Waals surface area contributed by atoms with Crippen molar-refractivity contribution in [3.05, 3.63) is 36.0 Å². The molecule has 0 bridgehead atoms. The Morgan fingerprint density at radius 3 is 2.52 bits per heavy atom. The smallest absolute Gasteiger partial charge is 0.309 e. The second-order valence-corrected chi connectivity index (χ2v) is 10.3. The molecule has 0 radical (unpaired) electrons. The summed E-state index contributed by atoms with van der Waals surface area (Å²) in [6.07, 6.45) is 7.83. The predicted molar refractivity (Wildman–Crippen MR) is 132 cm³/mol. The SMILES string of the molecule is CCCOC(=O)C1CCN(Cc2ccc3cc(OC4CCC(C(C)C)CC4)ccc3n2)CC1. The van der Waals surface area contributed by atoms with E-state index in [0.717, 1.165) is 85.9 Å². The Morgan fingerprint density at radius 1 is 1.06 bits per heavy atom. The number of hydrogen-bond donors (Lipinski definition) is 0. The molecule has 0 atom stereocenters. The third-order valence-corrected chi connectivity index (χ3v) is 7.44. The van der Waals surface area contributed by atoms with Gasteiger partial charge in [0.05, 0.1) is 29.8 Å². The molecule has 0 unspecified atom stereocenters. The molecule has 4 rings (SSSR count). The van der Waals surface area contributed by atoms with Crippen LogP contribution in [0, 0.1) is 17.8 Å². The minimum Gasteiger partial charge on any atom is -0.490 e. The van der Waals surface area contributed by atoms with Gasteiger partial charge in [-0.05, 0) is 94.1 Å². The van der Waals surface area contributed by atoms with Crippen LogP contribution in [0.2, 0.25) is 0 Å². The molecule has 1 saturated heterocycles. The van der Waals surface area contributed by atoms with Gasteiger partial charge in [-0.3, -0.25) is 14.7 Å². The van der Waals surface area contributed by atoms with Crippen LogP contribution in [0.4, 0.5) is 0 Å². The van der Waals surface area contributed by atoms with Gasteiger partial charge < -0.3 is 9.47 Å². The van der Waals surface area contributed by atoms with Crippen LogP contribution in [0.3, 0.4) is 0 Å². The molecule has 2 aromatic rings. The molecule has 1 aromatic heterocycles. The number of benzene rings is 1. The zero-order chi connectivity index (χ0) is 23.2. The highest BCUT2D eigenvalue weighted by Crippen LogP contribution is 2.32. The molecule has 1 aliphatic heterocycles. The van der Waals surface area contributed by atoms with Crippen LogP contribution >= 0.6 is 0 Å². The first-order valence-corrected chi connectivity index (χ1v) is 13.0. The molecular formula is C28H40N2O3. The van der Waals surface area contributed by atoms with Gasteiger partial charge in [-0.15, -0.1) is 0 Å². The van der Waals surface area contributed by atoms with Crippen molar-refractivity contribution >= 4 is 16.9 Å². The van der Waals surface area contributed by atoms with Crippen molar-refractivity contribution in [2.45, 2.75) is 78.4 Å². The molecule has 0 amide bonds. The molecule has 1 saturated carbocycles. The third-order valence-electron chi connectivity index (χ3n) is 7.44. The van der Waals surface area contributed by atoms with Gasteiger partial charge in [0, 0.05) is 11.9 Å². The molecule has 0 N–H and O–H groups in total. The number of aromatic nitrogens is 1. The molecule has 5 nitrogen and oxygen atoms in total. The summed E-state index contributed by atoms with van der Waals surface area (Å²) >= 11 is 0. The van der Waals surface area contributed by atoms with E-state index in [-0.39, 0.29) is 11.9 Å². The summed E-state index contributed by atoms with van der Waals surface area (Å²) in [6, 6.07) is 10.6. The first kappa shape index (κ1) is 24.0.